The predicted octanol–water partition coefficient (Wildman–Crippen LogP) is 1.48. The number of H-pyrrole nitrogens is 1. The van der Waals surface area contributed by atoms with Crippen molar-refractivity contribution in [2.24, 2.45) is 0 Å². The number of fused-ring (bicyclic) bond motifs is 1. The van der Waals surface area contributed by atoms with Gasteiger partial charge in [0.1, 0.15) is 0 Å². The highest BCUT2D eigenvalue weighted by atomic mass is 14.8. The summed E-state index contributed by atoms with van der Waals surface area (Å²) in [5.41, 5.74) is 9.42. The topological polar surface area (TPSA) is 41.8 Å². The molecule has 0 radical (unpaired) electrons. The van der Waals surface area contributed by atoms with Gasteiger partial charge in [-0.1, -0.05) is 0 Å². The second kappa shape index (κ2) is 2.04. The molecule has 1 heterocycles. The largest absolute Gasteiger partial charge is 0.397 e. The zero-order chi connectivity index (χ0) is 6.97. The second-order valence-corrected chi connectivity index (χ2v) is 2.91. The average molecular weight is 136 g/mol. The molecular formula is C8H12N2. The Morgan fingerprint density at radius 2 is 2.10 bits per heavy atom. The van der Waals surface area contributed by atoms with Crippen LogP contribution in [0.5, 0.6) is 0 Å². The van der Waals surface area contributed by atoms with E-state index < -0.39 is 0 Å². The maximum Gasteiger partial charge on any atom is 0.0527 e. The van der Waals surface area contributed by atoms with Gasteiger partial charge in [-0.3, -0.25) is 0 Å². The molecule has 2 heteroatoms. The van der Waals surface area contributed by atoms with Gasteiger partial charge in [-0.2, -0.15) is 0 Å². The van der Waals surface area contributed by atoms with Crippen molar-refractivity contribution in [3.05, 3.63) is 17.5 Å². The number of aryl methyl sites for hydroxylation is 1. The first-order chi connectivity index (χ1) is 4.88. The van der Waals surface area contributed by atoms with E-state index in [1.807, 2.05) is 6.20 Å². The first-order valence-corrected chi connectivity index (χ1v) is 3.82. The molecule has 1 aromatic heterocycles. The fourth-order valence-electron chi connectivity index (χ4n) is 1.64. The van der Waals surface area contributed by atoms with E-state index in [-0.39, 0.29) is 0 Å². The van der Waals surface area contributed by atoms with Crippen LogP contribution in [0.2, 0.25) is 0 Å². The molecule has 1 aliphatic rings. The number of rotatable bonds is 0. The third-order valence-corrected chi connectivity index (χ3v) is 2.22. The van der Waals surface area contributed by atoms with Crippen molar-refractivity contribution < 1.29 is 0 Å². The molecule has 0 fully saturated rings. The monoisotopic (exact) mass is 136 g/mol. The van der Waals surface area contributed by atoms with Crippen LogP contribution in [0.4, 0.5) is 5.69 Å². The summed E-state index contributed by atoms with van der Waals surface area (Å²) >= 11 is 0. The van der Waals surface area contributed by atoms with E-state index in [1.54, 1.807) is 0 Å². The third-order valence-electron chi connectivity index (χ3n) is 2.22. The van der Waals surface area contributed by atoms with Crippen LogP contribution >= 0.6 is 0 Å². The maximum absolute atomic E-state index is 5.73. The first-order valence-electron chi connectivity index (χ1n) is 3.82. The van der Waals surface area contributed by atoms with Crippen molar-refractivity contribution in [2.75, 3.05) is 5.73 Å². The second-order valence-electron chi connectivity index (χ2n) is 2.91. The van der Waals surface area contributed by atoms with Crippen LogP contribution in [0.25, 0.3) is 0 Å². The van der Waals surface area contributed by atoms with Gasteiger partial charge in [-0.25, -0.2) is 0 Å². The van der Waals surface area contributed by atoms with Gasteiger partial charge in [-0.15, -0.1) is 0 Å². The quantitative estimate of drug-likeness (QED) is 0.557. The number of anilines is 1. The van der Waals surface area contributed by atoms with Gasteiger partial charge < -0.3 is 10.7 Å². The van der Waals surface area contributed by atoms with Crippen molar-refractivity contribution in [3.8, 4) is 0 Å². The molecule has 2 rings (SSSR count). The van der Waals surface area contributed by atoms with Gasteiger partial charge in [-0.05, 0) is 31.2 Å². The summed E-state index contributed by atoms with van der Waals surface area (Å²) in [6, 6.07) is 0. The van der Waals surface area contributed by atoms with E-state index in [9.17, 15) is 0 Å². The molecule has 1 aromatic rings. The molecule has 0 spiro atoms. The molecule has 2 nitrogen and oxygen atoms in total. The molecule has 0 amide bonds. The highest BCUT2D eigenvalue weighted by Gasteiger charge is 2.12. The van der Waals surface area contributed by atoms with Crippen LogP contribution in [0.1, 0.15) is 24.1 Å². The smallest absolute Gasteiger partial charge is 0.0527 e. The van der Waals surface area contributed by atoms with Crippen LogP contribution in [-0.4, -0.2) is 4.98 Å². The van der Waals surface area contributed by atoms with Gasteiger partial charge in [0.25, 0.3) is 0 Å². The summed E-state index contributed by atoms with van der Waals surface area (Å²) in [5, 5.41) is 0. The van der Waals surface area contributed by atoms with E-state index >= 15 is 0 Å². The average Bonchev–Trinajstić information content (AvgIpc) is 2.34. The van der Waals surface area contributed by atoms with Crippen LogP contribution < -0.4 is 5.73 Å². The fourth-order valence-corrected chi connectivity index (χ4v) is 1.64. The number of nitrogens with one attached hydrogen (secondary N) is 1. The molecule has 10 heavy (non-hydrogen) atoms. The third kappa shape index (κ3) is 0.719. The summed E-state index contributed by atoms with van der Waals surface area (Å²) in [7, 11) is 0. The molecular weight excluding hydrogens is 124 g/mol. The Morgan fingerprint density at radius 1 is 1.30 bits per heavy atom. The Bertz CT molecular complexity index is 237. The number of aromatic nitrogens is 1. The van der Waals surface area contributed by atoms with Crippen LogP contribution in [0.15, 0.2) is 6.20 Å². The molecule has 0 atom stereocenters. The minimum Gasteiger partial charge on any atom is -0.397 e. The Kier molecular flexibility index (Phi) is 1.19. The van der Waals surface area contributed by atoms with Crippen LogP contribution in [0.3, 0.4) is 0 Å². The number of hydrogen-bond donors (Lipinski definition) is 2. The number of aromatic amines is 1. The van der Waals surface area contributed by atoms with E-state index in [1.165, 1.54) is 36.9 Å². The highest BCUT2D eigenvalue weighted by Crippen LogP contribution is 2.24. The van der Waals surface area contributed by atoms with E-state index in [0.29, 0.717) is 0 Å². The zero-order valence-corrected chi connectivity index (χ0v) is 5.98. The van der Waals surface area contributed by atoms with Gasteiger partial charge in [0.15, 0.2) is 0 Å². The normalized spacial score (nSPS) is 16.8. The van der Waals surface area contributed by atoms with Crippen molar-refractivity contribution in [2.45, 2.75) is 25.7 Å². The first kappa shape index (κ1) is 5.83. The minimum atomic E-state index is 0.953. The molecule has 1 aliphatic carbocycles. The van der Waals surface area contributed by atoms with Gasteiger partial charge in [0.2, 0.25) is 0 Å². The van der Waals surface area contributed by atoms with Crippen molar-refractivity contribution >= 4 is 5.69 Å². The number of nitrogens with two attached hydrogens (primary N) is 1. The summed E-state index contributed by atoms with van der Waals surface area (Å²) in [5.74, 6) is 0. The zero-order valence-electron chi connectivity index (χ0n) is 5.98. The van der Waals surface area contributed by atoms with Gasteiger partial charge in [0, 0.05) is 11.9 Å². The highest BCUT2D eigenvalue weighted by molar-refractivity contribution is 5.49. The number of hydrogen-bond acceptors (Lipinski definition) is 1. The molecule has 0 saturated heterocycles. The molecule has 3 N–H and O–H groups in total. The Balaban J connectivity index is 2.45. The maximum atomic E-state index is 5.73. The van der Waals surface area contributed by atoms with E-state index in [4.69, 9.17) is 5.73 Å². The van der Waals surface area contributed by atoms with E-state index in [2.05, 4.69) is 4.98 Å². The summed E-state index contributed by atoms with van der Waals surface area (Å²) in [4.78, 5) is 3.20. The molecule has 0 bridgehead atoms. The summed E-state index contributed by atoms with van der Waals surface area (Å²) in [6.07, 6.45) is 6.88. The lowest BCUT2D eigenvalue weighted by Crippen LogP contribution is -2.01. The van der Waals surface area contributed by atoms with Gasteiger partial charge in [0.05, 0.1) is 5.69 Å². The van der Waals surface area contributed by atoms with Crippen LogP contribution in [-0.2, 0) is 12.8 Å². The van der Waals surface area contributed by atoms with Crippen molar-refractivity contribution in [3.63, 3.8) is 0 Å². The predicted molar refractivity (Wildman–Crippen MR) is 41.8 cm³/mol. The van der Waals surface area contributed by atoms with Crippen molar-refractivity contribution in [1.82, 2.24) is 4.98 Å². The minimum absolute atomic E-state index is 0.953. The van der Waals surface area contributed by atoms with Crippen molar-refractivity contribution in [1.29, 1.82) is 0 Å². The molecule has 0 saturated carbocycles. The molecule has 54 valence electrons. The summed E-state index contributed by atoms with van der Waals surface area (Å²) in [6.45, 7) is 0. The SMILES string of the molecule is Nc1c[nH]c2c1CCCC2. The lowest BCUT2D eigenvalue weighted by atomic mass is 9.97. The standard InChI is InChI=1S/C8H12N2/c9-7-5-10-8-4-2-1-3-6(7)8/h5,10H,1-4,9H2. The Labute approximate surface area is 60.4 Å². The molecule has 0 aliphatic heterocycles. The molecule has 0 aromatic carbocycles. The fraction of sp³-hybridized carbons (Fsp3) is 0.500. The summed E-state index contributed by atoms with van der Waals surface area (Å²) < 4.78 is 0. The Morgan fingerprint density at radius 3 is 2.90 bits per heavy atom. The van der Waals surface area contributed by atoms with E-state index in [0.717, 1.165) is 5.69 Å². The molecule has 0 unspecified atom stereocenters. The number of nitrogen functional groups attached to an aromatic ring is 1. The lowest BCUT2D eigenvalue weighted by molar-refractivity contribution is 0.678. The lowest BCUT2D eigenvalue weighted by Gasteiger charge is -2.10. The van der Waals surface area contributed by atoms with Gasteiger partial charge >= 0.3 is 0 Å². The van der Waals surface area contributed by atoms with Crippen LogP contribution in [0, 0.1) is 0 Å². The Hall–Kier alpha value is -0.920.